The zero-order valence-electron chi connectivity index (χ0n) is 18.4. The molecule has 0 spiro atoms. The number of rotatable bonds is 6. The number of para-hydroxylation sites is 1. The molecule has 0 unspecified atom stereocenters. The first kappa shape index (κ1) is 23.1. The van der Waals surface area contributed by atoms with Crippen LogP contribution in [-0.2, 0) is 9.53 Å². The Morgan fingerprint density at radius 3 is 2.50 bits per heavy atom. The summed E-state index contributed by atoms with van der Waals surface area (Å²) in [6.45, 7) is 1.45. The zero-order valence-corrected chi connectivity index (χ0v) is 19.1. The lowest BCUT2D eigenvalue weighted by Gasteiger charge is -2.13. The summed E-state index contributed by atoms with van der Waals surface area (Å²) in [7, 11) is 1.25. The van der Waals surface area contributed by atoms with Crippen LogP contribution in [0.1, 0.15) is 15.9 Å². The van der Waals surface area contributed by atoms with E-state index in [0.717, 1.165) is 5.56 Å². The van der Waals surface area contributed by atoms with Gasteiger partial charge < -0.3 is 19.2 Å². The van der Waals surface area contributed by atoms with Gasteiger partial charge in [0, 0.05) is 10.6 Å². The SMILES string of the molecule is COC(=O)c1ccccc1NC(=O)COc1c(-c2ccc(C)cc2)oc2ccc(Cl)cc2c1=O. The highest BCUT2D eigenvalue weighted by molar-refractivity contribution is 6.31. The molecule has 4 rings (SSSR count). The third-order valence-electron chi connectivity index (χ3n) is 5.08. The van der Waals surface area contributed by atoms with Gasteiger partial charge in [0.15, 0.2) is 12.4 Å². The van der Waals surface area contributed by atoms with Crippen molar-refractivity contribution in [2.24, 2.45) is 0 Å². The molecule has 1 aromatic heterocycles. The van der Waals surface area contributed by atoms with Crippen LogP contribution in [0.3, 0.4) is 0 Å². The molecule has 1 heterocycles. The normalized spacial score (nSPS) is 10.7. The summed E-state index contributed by atoms with van der Waals surface area (Å²) in [4.78, 5) is 37.8. The molecule has 7 nitrogen and oxygen atoms in total. The van der Waals surface area contributed by atoms with Gasteiger partial charge in [0.05, 0.1) is 23.7 Å². The summed E-state index contributed by atoms with van der Waals surface area (Å²) in [5.41, 5.74) is 1.99. The van der Waals surface area contributed by atoms with Crippen LogP contribution in [0.25, 0.3) is 22.3 Å². The van der Waals surface area contributed by atoms with Gasteiger partial charge in [-0.05, 0) is 37.3 Å². The molecule has 0 saturated heterocycles. The Morgan fingerprint density at radius 1 is 1.03 bits per heavy atom. The standard InChI is InChI=1S/C26H20ClNO6/c1-15-7-9-16(10-8-15)24-25(23(30)19-13-17(27)11-12-21(19)34-24)33-14-22(29)28-20-6-4-3-5-18(20)26(31)32-2/h3-13H,14H2,1-2H3,(H,28,29). The number of halogens is 1. The average molecular weight is 478 g/mol. The molecule has 0 aliphatic heterocycles. The van der Waals surface area contributed by atoms with Crippen LogP contribution < -0.4 is 15.5 Å². The molecule has 8 heteroatoms. The third-order valence-corrected chi connectivity index (χ3v) is 5.31. The number of amides is 1. The number of hydrogen-bond acceptors (Lipinski definition) is 6. The Hall–Kier alpha value is -4.10. The molecular formula is C26H20ClNO6. The number of fused-ring (bicyclic) bond motifs is 1. The summed E-state index contributed by atoms with van der Waals surface area (Å²) in [6.07, 6.45) is 0. The molecule has 0 aliphatic carbocycles. The summed E-state index contributed by atoms with van der Waals surface area (Å²) in [5, 5.41) is 3.21. The monoisotopic (exact) mass is 477 g/mol. The van der Waals surface area contributed by atoms with Crippen molar-refractivity contribution < 1.29 is 23.5 Å². The number of hydrogen-bond donors (Lipinski definition) is 1. The van der Waals surface area contributed by atoms with Crippen LogP contribution in [0.15, 0.2) is 75.9 Å². The van der Waals surface area contributed by atoms with E-state index in [1.165, 1.54) is 19.2 Å². The topological polar surface area (TPSA) is 94.8 Å². The first-order valence-electron chi connectivity index (χ1n) is 10.3. The number of anilines is 1. The lowest BCUT2D eigenvalue weighted by molar-refractivity contribution is -0.118. The summed E-state index contributed by atoms with van der Waals surface area (Å²) >= 11 is 6.06. The van der Waals surface area contributed by atoms with E-state index in [0.29, 0.717) is 16.2 Å². The van der Waals surface area contributed by atoms with Gasteiger partial charge in [-0.3, -0.25) is 9.59 Å². The predicted molar refractivity (Wildman–Crippen MR) is 130 cm³/mol. The minimum absolute atomic E-state index is 0.116. The lowest BCUT2D eigenvalue weighted by atomic mass is 10.1. The Morgan fingerprint density at radius 2 is 1.76 bits per heavy atom. The molecule has 4 aromatic rings. The van der Waals surface area contributed by atoms with E-state index in [4.69, 9.17) is 25.5 Å². The van der Waals surface area contributed by atoms with Crippen molar-refractivity contribution in [2.45, 2.75) is 6.92 Å². The van der Waals surface area contributed by atoms with Crippen LogP contribution in [0.2, 0.25) is 5.02 Å². The summed E-state index contributed by atoms with van der Waals surface area (Å²) in [5.74, 6) is -1.08. The van der Waals surface area contributed by atoms with Crippen molar-refractivity contribution >= 4 is 40.1 Å². The number of nitrogens with one attached hydrogen (secondary N) is 1. The molecule has 0 bridgehead atoms. The van der Waals surface area contributed by atoms with Gasteiger partial charge in [-0.1, -0.05) is 53.6 Å². The molecule has 0 radical (unpaired) electrons. The summed E-state index contributed by atoms with van der Waals surface area (Å²) in [6, 6.07) is 18.5. The number of aryl methyl sites for hydroxylation is 1. The van der Waals surface area contributed by atoms with E-state index in [9.17, 15) is 14.4 Å². The minimum Gasteiger partial charge on any atom is -0.476 e. The predicted octanol–water partition coefficient (Wildman–Crippen LogP) is 5.23. The Kier molecular flexibility index (Phi) is 6.65. The molecule has 3 aromatic carbocycles. The Balaban J connectivity index is 1.67. The Labute approximate surface area is 199 Å². The van der Waals surface area contributed by atoms with Gasteiger partial charge >= 0.3 is 5.97 Å². The quantitative estimate of drug-likeness (QED) is 0.382. The number of methoxy groups -OCH3 is 1. The molecular weight excluding hydrogens is 458 g/mol. The largest absolute Gasteiger partial charge is 0.476 e. The highest BCUT2D eigenvalue weighted by atomic mass is 35.5. The average Bonchev–Trinajstić information content (AvgIpc) is 2.84. The van der Waals surface area contributed by atoms with E-state index in [1.54, 1.807) is 42.5 Å². The van der Waals surface area contributed by atoms with Crippen LogP contribution >= 0.6 is 11.6 Å². The molecule has 0 fully saturated rings. The fourth-order valence-electron chi connectivity index (χ4n) is 3.38. The van der Waals surface area contributed by atoms with Crippen molar-refractivity contribution in [3.8, 4) is 17.1 Å². The Bertz CT molecular complexity index is 1440. The van der Waals surface area contributed by atoms with Gasteiger partial charge in [-0.15, -0.1) is 0 Å². The fraction of sp³-hybridized carbons (Fsp3) is 0.115. The van der Waals surface area contributed by atoms with Crippen molar-refractivity contribution in [2.75, 3.05) is 19.0 Å². The number of benzene rings is 3. The molecule has 172 valence electrons. The highest BCUT2D eigenvalue weighted by Gasteiger charge is 2.20. The molecule has 1 amide bonds. The first-order chi connectivity index (χ1) is 16.4. The zero-order chi connectivity index (χ0) is 24.2. The van der Waals surface area contributed by atoms with Crippen LogP contribution in [-0.4, -0.2) is 25.6 Å². The molecule has 1 N–H and O–H groups in total. The van der Waals surface area contributed by atoms with Crippen molar-refractivity contribution in [3.63, 3.8) is 0 Å². The first-order valence-corrected chi connectivity index (χ1v) is 10.7. The number of ether oxygens (including phenoxy) is 2. The minimum atomic E-state index is -0.592. The smallest absolute Gasteiger partial charge is 0.339 e. The number of esters is 1. The fourth-order valence-corrected chi connectivity index (χ4v) is 3.55. The van der Waals surface area contributed by atoms with Gasteiger partial charge in [-0.2, -0.15) is 0 Å². The van der Waals surface area contributed by atoms with Crippen LogP contribution in [0, 0.1) is 6.92 Å². The van der Waals surface area contributed by atoms with Crippen LogP contribution in [0.4, 0.5) is 5.69 Å². The number of carbonyl (C=O) groups is 2. The second-order valence-corrected chi connectivity index (χ2v) is 7.91. The van der Waals surface area contributed by atoms with Gasteiger partial charge in [-0.25, -0.2) is 4.79 Å². The highest BCUT2D eigenvalue weighted by Crippen LogP contribution is 2.32. The maximum Gasteiger partial charge on any atom is 0.339 e. The van der Waals surface area contributed by atoms with Crippen molar-refractivity contribution in [1.29, 1.82) is 0 Å². The van der Waals surface area contributed by atoms with E-state index < -0.39 is 23.9 Å². The number of carbonyl (C=O) groups excluding carboxylic acids is 2. The van der Waals surface area contributed by atoms with E-state index in [2.05, 4.69) is 5.32 Å². The van der Waals surface area contributed by atoms with E-state index in [-0.39, 0.29) is 28.1 Å². The van der Waals surface area contributed by atoms with Crippen LogP contribution in [0.5, 0.6) is 5.75 Å². The lowest BCUT2D eigenvalue weighted by Crippen LogP contribution is -2.23. The van der Waals surface area contributed by atoms with Crippen molar-refractivity contribution in [1.82, 2.24) is 0 Å². The van der Waals surface area contributed by atoms with Gasteiger partial charge in [0.1, 0.15) is 5.58 Å². The molecule has 0 atom stereocenters. The molecule has 0 saturated carbocycles. The summed E-state index contributed by atoms with van der Waals surface area (Å²) < 4.78 is 16.4. The van der Waals surface area contributed by atoms with Gasteiger partial charge in [0.2, 0.25) is 11.2 Å². The van der Waals surface area contributed by atoms with E-state index in [1.807, 2.05) is 19.1 Å². The second-order valence-electron chi connectivity index (χ2n) is 7.47. The molecule has 0 aliphatic rings. The molecule has 34 heavy (non-hydrogen) atoms. The van der Waals surface area contributed by atoms with E-state index >= 15 is 0 Å². The third kappa shape index (κ3) is 4.79. The van der Waals surface area contributed by atoms with Gasteiger partial charge in [0.25, 0.3) is 5.91 Å². The maximum atomic E-state index is 13.3. The maximum absolute atomic E-state index is 13.3. The van der Waals surface area contributed by atoms with Crippen molar-refractivity contribution in [3.05, 3.63) is 93.1 Å². The second kappa shape index (κ2) is 9.80.